The van der Waals surface area contributed by atoms with Gasteiger partial charge < -0.3 is 19.3 Å². The lowest BCUT2D eigenvalue weighted by atomic mass is 9.49. The molecule has 0 amide bonds. The highest BCUT2D eigenvalue weighted by Gasteiger charge is 2.62. The fourth-order valence-corrected chi connectivity index (χ4v) is 7.11. The van der Waals surface area contributed by atoms with Crippen molar-refractivity contribution in [3.63, 3.8) is 0 Å². The molecule has 1 aliphatic heterocycles. The summed E-state index contributed by atoms with van der Waals surface area (Å²) in [6.07, 6.45) is 7.42. The molecule has 174 valence electrons. The summed E-state index contributed by atoms with van der Waals surface area (Å²) in [6.45, 7) is 8.53. The van der Waals surface area contributed by atoms with Gasteiger partial charge in [-0.1, -0.05) is 38.8 Å². The fourth-order valence-electron chi connectivity index (χ4n) is 7.11. The lowest BCUT2D eigenvalue weighted by Crippen LogP contribution is -2.57. The van der Waals surface area contributed by atoms with Crippen molar-refractivity contribution in [2.45, 2.75) is 97.6 Å². The predicted octanol–water partition coefficient (Wildman–Crippen LogP) is 4.15. The van der Waals surface area contributed by atoms with Gasteiger partial charge in [0.25, 0.3) is 0 Å². The first-order chi connectivity index (χ1) is 14.7. The normalized spacial score (nSPS) is 43.8. The number of carbonyl (C=O) groups excluding carboxylic acids is 2. The number of fused-ring (bicyclic) bond motifs is 5. The van der Waals surface area contributed by atoms with Crippen molar-refractivity contribution >= 4 is 11.9 Å². The van der Waals surface area contributed by atoms with E-state index in [0.29, 0.717) is 31.3 Å². The second kappa shape index (κ2) is 8.51. The zero-order valence-electron chi connectivity index (χ0n) is 19.4. The third-order valence-electron chi connectivity index (χ3n) is 8.83. The summed E-state index contributed by atoms with van der Waals surface area (Å²) in [5, 5.41) is 11.2. The highest BCUT2D eigenvalue weighted by atomic mass is 16.7. The van der Waals surface area contributed by atoms with E-state index in [2.05, 4.69) is 20.8 Å². The van der Waals surface area contributed by atoms with E-state index in [1.165, 1.54) is 12.5 Å². The van der Waals surface area contributed by atoms with Gasteiger partial charge in [-0.25, -0.2) is 0 Å². The van der Waals surface area contributed by atoms with Crippen molar-refractivity contribution < 1.29 is 28.9 Å². The van der Waals surface area contributed by atoms with Gasteiger partial charge in [0.15, 0.2) is 0 Å². The van der Waals surface area contributed by atoms with Crippen LogP contribution < -0.4 is 0 Å². The van der Waals surface area contributed by atoms with Crippen molar-refractivity contribution in [1.82, 2.24) is 0 Å². The molecule has 2 saturated carbocycles. The Hall–Kier alpha value is -1.40. The standard InChI is InChI=1S/C25H38O6/c1-5-6-7-21(28)31-22-13-16-12-19(27)23-17-8-9-20(30-15(2)26)24(17,3)11-10-18(23)25(16,4)14-29-22/h12,17-20,22-23,27H,5-11,13-14H2,1-4H3/t17?,18?,19-,20?,22+,23?,24-,25-/m0/s1. The molecule has 8 atom stereocenters. The molecule has 1 N–H and O–H groups in total. The molecule has 0 radical (unpaired) electrons. The molecule has 3 aliphatic carbocycles. The molecule has 1 heterocycles. The van der Waals surface area contributed by atoms with E-state index in [0.717, 1.165) is 38.5 Å². The quantitative estimate of drug-likeness (QED) is 0.517. The van der Waals surface area contributed by atoms with Crippen LogP contribution in [0.25, 0.3) is 0 Å². The average molecular weight is 435 g/mol. The third-order valence-corrected chi connectivity index (χ3v) is 8.83. The molecular formula is C25H38O6. The molecule has 0 aromatic carbocycles. The molecule has 6 nitrogen and oxygen atoms in total. The van der Waals surface area contributed by atoms with E-state index >= 15 is 0 Å². The van der Waals surface area contributed by atoms with Crippen LogP contribution in [0.5, 0.6) is 0 Å². The van der Waals surface area contributed by atoms with Gasteiger partial charge in [0, 0.05) is 30.6 Å². The van der Waals surface area contributed by atoms with Gasteiger partial charge in [-0.2, -0.15) is 0 Å². The van der Waals surface area contributed by atoms with Gasteiger partial charge in [0.1, 0.15) is 6.10 Å². The van der Waals surface area contributed by atoms with Crippen molar-refractivity contribution in [3.05, 3.63) is 11.6 Å². The molecule has 0 aromatic rings. The molecular weight excluding hydrogens is 396 g/mol. The summed E-state index contributed by atoms with van der Waals surface area (Å²) < 4.78 is 17.3. The minimum atomic E-state index is -0.555. The van der Waals surface area contributed by atoms with Gasteiger partial charge in [-0.05, 0) is 49.9 Å². The minimum Gasteiger partial charge on any atom is -0.462 e. The summed E-state index contributed by atoms with van der Waals surface area (Å²) in [5.41, 5.74) is 0.929. The molecule has 3 fully saturated rings. The van der Waals surface area contributed by atoms with Crippen molar-refractivity contribution in [2.24, 2.45) is 28.6 Å². The molecule has 1 saturated heterocycles. The Kier molecular flexibility index (Phi) is 6.25. The van der Waals surface area contributed by atoms with Crippen LogP contribution in [0.15, 0.2) is 11.6 Å². The second-order valence-electron chi connectivity index (χ2n) is 10.6. The first-order valence-electron chi connectivity index (χ1n) is 12.1. The second-order valence-corrected chi connectivity index (χ2v) is 10.6. The summed E-state index contributed by atoms with van der Waals surface area (Å²) in [4.78, 5) is 23.7. The van der Waals surface area contributed by atoms with Crippen LogP contribution in [0.2, 0.25) is 0 Å². The third kappa shape index (κ3) is 3.95. The van der Waals surface area contributed by atoms with E-state index in [-0.39, 0.29) is 34.8 Å². The van der Waals surface area contributed by atoms with Crippen molar-refractivity contribution in [3.8, 4) is 0 Å². The lowest BCUT2D eigenvalue weighted by Gasteiger charge is -2.58. The van der Waals surface area contributed by atoms with E-state index in [9.17, 15) is 14.7 Å². The highest BCUT2D eigenvalue weighted by Crippen LogP contribution is 2.64. The van der Waals surface area contributed by atoms with Crippen molar-refractivity contribution in [1.29, 1.82) is 0 Å². The zero-order valence-corrected chi connectivity index (χ0v) is 19.4. The first kappa shape index (κ1) is 22.8. The van der Waals surface area contributed by atoms with Crippen LogP contribution in [-0.2, 0) is 23.8 Å². The summed E-state index contributed by atoms with van der Waals surface area (Å²) in [5.74, 6) is 0.354. The highest BCUT2D eigenvalue weighted by molar-refractivity contribution is 5.69. The smallest absolute Gasteiger partial charge is 0.308 e. The number of rotatable bonds is 5. The maximum atomic E-state index is 12.1. The van der Waals surface area contributed by atoms with Gasteiger partial charge in [-0.15, -0.1) is 0 Å². The summed E-state index contributed by atoms with van der Waals surface area (Å²) in [6, 6.07) is 0. The Morgan fingerprint density at radius 3 is 2.68 bits per heavy atom. The molecule has 31 heavy (non-hydrogen) atoms. The molecule has 0 bridgehead atoms. The Morgan fingerprint density at radius 2 is 1.97 bits per heavy atom. The number of carbonyl (C=O) groups is 2. The number of aliphatic hydroxyl groups is 1. The Morgan fingerprint density at radius 1 is 1.19 bits per heavy atom. The maximum Gasteiger partial charge on any atom is 0.308 e. The zero-order chi connectivity index (χ0) is 22.4. The number of esters is 2. The van der Waals surface area contributed by atoms with E-state index < -0.39 is 12.4 Å². The molecule has 4 rings (SSSR count). The number of hydrogen-bond acceptors (Lipinski definition) is 6. The largest absolute Gasteiger partial charge is 0.462 e. The molecule has 0 aromatic heterocycles. The Balaban J connectivity index is 1.52. The molecule has 4 aliphatic rings. The van der Waals surface area contributed by atoms with Crippen LogP contribution in [-0.4, -0.2) is 42.1 Å². The SMILES string of the molecule is CCCCC(=O)O[C@@H]1CC2=C[C@H](O)C3C4CCC(OC(C)=O)[C@@]4(C)CCC3[C@@]2(C)CO1. The number of ether oxygens (including phenoxy) is 3. The van der Waals surface area contributed by atoms with Gasteiger partial charge in [0.2, 0.25) is 6.29 Å². The van der Waals surface area contributed by atoms with Crippen LogP contribution in [0.3, 0.4) is 0 Å². The van der Waals surface area contributed by atoms with Gasteiger partial charge >= 0.3 is 11.9 Å². The Bertz CT molecular complexity index is 746. The average Bonchev–Trinajstić information content (AvgIpc) is 3.03. The molecule has 6 heteroatoms. The van der Waals surface area contributed by atoms with E-state index in [1.807, 2.05) is 6.08 Å². The molecule has 0 spiro atoms. The Labute approximate surface area is 185 Å². The van der Waals surface area contributed by atoms with Crippen LogP contribution >= 0.6 is 0 Å². The monoisotopic (exact) mass is 434 g/mol. The number of hydrogen-bond donors (Lipinski definition) is 1. The molecule has 4 unspecified atom stereocenters. The number of aliphatic hydroxyl groups excluding tert-OH is 1. The van der Waals surface area contributed by atoms with E-state index in [1.54, 1.807) is 0 Å². The predicted molar refractivity (Wildman–Crippen MR) is 115 cm³/mol. The van der Waals surface area contributed by atoms with Crippen LogP contribution in [0.1, 0.15) is 79.1 Å². The van der Waals surface area contributed by atoms with E-state index in [4.69, 9.17) is 14.2 Å². The van der Waals surface area contributed by atoms with Crippen molar-refractivity contribution in [2.75, 3.05) is 6.61 Å². The summed E-state index contributed by atoms with van der Waals surface area (Å²) >= 11 is 0. The lowest BCUT2D eigenvalue weighted by molar-refractivity contribution is -0.205. The van der Waals surface area contributed by atoms with Crippen LogP contribution in [0.4, 0.5) is 0 Å². The topological polar surface area (TPSA) is 82.1 Å². The first-order valence-corrected chi connectivity index (χ1v) is 12.1. The van der Waals surface area contributed by atoms with Gasteiger partial charge in [0.05, 0.1) is 12.7 Å². The fraction of sp³-hybridized carbons (Fsp3) is 0.840. The van der Waals surface area contributed by atoms with Crippen LogP contribution in [0, 0.1) is 28.6 Å². The summed E-state index contributed by atoms with van der Waals surface area (Å²) in [7, 11) is 0. The maximum absolute atomic E-state index is 12.1. The number of unbranched alkanes of at least 4 members (excludes halogenated alkanes) is 1. The minimum absolute atomic E-state index is 0.0594. The van der Waals surface area contributed by atoms with Gasteiger partial charge in [-0.3, -0.25) is 9.59 Å².